The molecule has 1 rings (SSSR count). The van der Waals surface area contributed by atoms with Gasteiger partial charge in [-0.15, -0.1) is 0 Å². The fourth-order valence-electron chi connectivity index (χ4n) is 1.41. The molecule has 0 fully saturated rings. The summed E-state index contributed by atoms with van der Waals surface area (Å²) in [7, 11) is 3.29. The van der Waals surface area contributed by atoms with Gasteiger partial charge in [-0.05, 0) is 47.2 Å². The van der Waals surface area contributed by atoms with Crippen molar-refractivity contribution in [1.29, 1.82) is 0 Å². The van der Waals surface area contributed by atoms with Crippen molar-refractivity contribution in [1.82, 2.24) is 5.32 Å². The molecule has 0 spiro atoms. The van der Waals surface area contributed by atoms with Crippen molar-refractivity contribution in [2.24, 2.45) is 0 Å². The van der Waals surface area contributed by atoms with Gasteiger partial charge in [-0.2, -0.15) is 0 Å². The molecule has 1 unspecified atom stereocenters. The Bertz CT molecular complexity index is 298. The maximum Gasteiger partial charge on any atom is 0.169 e. The number of hydrogen-bond donors (Lipinski definition) is 1. The van der Waals surface area contributed by atoms with Crippen LogP contribution in [0.5, 0.6) is 0 Å². The van der Waals surface area contributed by atoms with Gasteiger partial charge >= 0.3 is 0 Å². The van der Waals surface area contributed by atoms with E-state index in [-0.39, 0.29) is 6.29 Å². The molecule has 0 saturated heterocycles. The first-order valence-corrected chi connectivity index (χ1v) is 6.29. The Hall–Kier alpha value is -0.170. The fraction of sp³-hybridized carbons (Fsp3) is 0.500. The molecule has 0 aliphatic carbocycles. The summed E-state index contributed by atoms with van der Waals surface area (Å²) in [6.45, 7) is 2.81. The summed E-state index contributed by atoms with van der Waals surface area (Å²) in [6, 6.07) is 8.78. The Morgan fingerprint density at radius 3 is 2.25 bits per heavy atom. The van der Waals surface area contributed by atoms with Gasteiger partial charge in [-0.1, -0.05) is 12.1 Å². The second-order valence-corrected chi connectivity index (χ2v) is 4.83. The molecule has 1 atom stereocenters. The van der Waals surface area contributed by atoms with Crippen LogP contribution >= 0.6 is 22.6 Å². The molecule has 0 radical (unpaired) electrons. The summed E-state index contributed by atoms with van der Waals surface area (Å²) in [5.74, 6) is 0. The lowest BCUT2D eigenvalue weighted by molar-refractivity contribution is -0.0997. The SMILES string of the molecule is COC(CNC(C)c1ccc(I)cc1)OC. The van der Waals surface area contributed by atoms with Crippen LogP contribution in [-0.2, 0) is 9.47 Å². The van der Waals surface area contributed by atoms with Crippen LogP contribution in [0.25, 0.3) is 0 Å². The van der Waals surface area contributed by atoms with E-state index in [1.165, 1.54) is 9.13 Å². The molecule has 0 aromatic heterocycles. The molecule has 90 valence electrons. The highest BCUT2D eigenvalue weighted by Crippen LogP contribution is 2.14. The number of nitrogens with one attached hydrogen (secondary N) is 1. The Morgan fingerprint density at radius 2 is 1.75 bits per heavy atom. The highest BCUT2D eigenvalue weighted by Gasteiger charge is 2.09. The molecule has 3 nitrogen and oxygen atoms in total. The molecule has 0 heterocycles. The third-order valence-electron chi connectivity index (χ3n) is 2.49. The summed E-state index contributed by atoms with van der Waals surface area (Å²) in [4.78, 5) is 0. The zero-order valence-electron chi connectivity index (χ0n) is 9.87. The van der Waals surface area contributed by atoms with Crippen LogP contribution in [0, 0.1) is 3.57 Å². The van der Waals surface area contributed by atoms with Gasteiger partial charge in [0.1, 0.15) is 0 Å². The summed E-state index contributed by atoms with van der Waals surface area (Å²) < 4.78 is 11.5. The molecule has 0 saturated carbocycles. The Balaban J connectivity index is 2.46. The highest BCUT2D eigenvalue weighted by atomic mass is 127. The van der Waals surface area contributed by atoms with Crippen molar-refractivity contribution in [3.8, 4) is 0 Å². The normalized spacial score (nSPS) is 13.1. The van der Waals surface area contributed by atoms with Crippen LogP contribution in [0.3, 0.4) is 0 Å². The van der Waals surface area contributed by atoms with Crippen LogP contribution in [-0.4, -0.2) is 27.1 Å². The van der Waals surface area contributed by atoms with E-state index in [0.717, 1.165) is 0 Å². The number of rotatable bonds is 6. The summed E-state index contributed by atoms with van der Waals surface area (Å²) in [5.41, 5.74) is 1.27. The lowest BCUT2D eigenvalue weighted by atomic mass is 10.1. The average Bonchev–Trinajstić information content (AvgIpc) is 2.31. The molecular weight excluding hydrogens is 317 g/mol. The number of hydrogen-bond acceptors (Lipinski definition) is 3. The zero-order chi connectivity index (χ0) is 12.0. The minimum atomic E-state index is -0.189. The maximum atomic E-state index is 5.12. The zero-order valence-corrected chi connectivity index (χ0v) is 12.0. The first-order chi connectivity index (χ1) is 7.67. The van der Waals surface area contributed by atoms with E-state index in [4.69, 9.17) is 9.47 Å². The van der Waals surface area contributed by atoms with Crippen LogP contribution in [0.2, 0.25) is 0 Å². The van der Waals surface area contributed by atoms with Gasteiger partial charge in [-0.3, -0.25) is 0 Å². The van der Waals surface area contributed by atoms with Crippen molar-refractivity contribution in [3.63, 3.8) is 0 Å². The van der Waals surface area contributed by atoms with Crippen molar-refractivity contribution in [3.05, 3.63) is 33.4 Å². The Labute approximate surface area is 111 Å². The van der Waals surface area contributed by atoms with Gasteiger partial charge in [-0.25, -0.2) is 0 Å². The van der Waals surface area contributed by atoms with Gasteiger partial charge in [0.25, 0.3) is 0 Å². The van der Waals surface area contributed by atoms with E-state index in [1.807, 2.05) is 0 Å². The van der Waals surface area contributed by atoms with Gasteiger partial charge in [0, 0.05) is 30.4 Å². The molecule has 0 aliphatic rings. The van der Waals surface area contributed by atoms with Crippen LogP contribution < -0.4 is 5.32 Å². The van der Waals surface area contributed by atoms with Crippen molar-refractivity contribution < 1.29 is 9.47 Å². The monoisotopic (exact) mass is 335 g/mol. The van der Waals surface area contributed by atoms with Gasteiger partial charge < -0.3 is 14.8 Å². The minimum absolute atomic E-state index is 0.189. The van der Waals surface area contributed by atoms with E-state index in [9.17, 15) is 0 Å². The first kappa shape index (κ1) is 13.9. The van der Waals surface area contributed by atoms with Crippen LogP contribution in [0.4, 0.5) is 0 Å². The highest BCUT2D eigenvalue weighted by molar-refractivity contribution is 14.1. The third-order valence-corrected chi connectivity index (χ3v) is 3.21. The number of halogens is 1. The maximum absolute atomic E-state index is 5.12. The second kappa shape index (κ2) is 7.21. The topological polar surface area (TPSA) is 30.5 Å². The predicted octanol–water partition coefficient (Wildman–Crippen LogP) is 2.56. The third kappa shape index (κ3) is 4.37. The molecule has 1 aromatic carbocycles. The lowest BCUT2D eigenvalue weighted by Gasteiger charge is -2.18. The average molecular weight is 335 g/mol. The fourth-order valence-corrected chi connectivity index (χ4v) is 1.76. The molecule has 0 bridgehead atoms. The van der Waals surface area contributed by atoms with Gasteiger partial charge in [0.2, 0.25) is 0 Å². The van der Waals surface area contributed by atoms with E-state index in [1.54, 1.807) is 14.2 Å². The molecular formula is C12H18INO2. The minimum Gasteiger partial charge on any atom is -0.355 e. The molecule has 1 aromatic rings. The van der Waals surface area contributed by atoms with E-state index >= 15 is 0 Å². The predicted molar refractivity (Wildman–Crippen MR) is 73.4 cm³/mol. The number of ether oxygens (including phenoxy) is 2. The van der Waals surface area contributed by atoms with Crippen molar-refractivity contribution in [2.45, 2.75) is 19.3 Å². The molecule has 16 heavy (non-hydrogen) atoms. The van der Waals surface area contributed by atoms with Crippen LogP contribution in [0.1, 0.15) is 18.5 Å². The van der Waals surface area contributed by atoms with Gasteiger partial charge in [0.15, 0.2) is 6.29 Å². The number of benzene rings is 1. The summed E-state index contributed by atoms with van der Waals surface area (Å²) in [6.07, 6.45) is -0.189. The van der Waals surface area contributed by atoms with Crippen molar-refractivity contribution >= 4 is 22.6 Å². The number of methoxy groups -OCH3 is 2. The second-order valence-electron chi connectivity index (χ2n) is 3.58. The Kier molecular flexibility index (Phi) is 6.26. The standard InChI is InChI=1S/C12H18INO2/c1-9(14-8-12(15-2)16-3)10-4-6-11(13)7-5-10/h4-7,9,12,14H,8H2,1-3H3. The molecule has 1 N–H and O–H groups in total. The van der Waals surface area contributed by atoms with E-state index < -0.39 is 0 Å². The summed E-state index contributed by atoms with van der Waals surface area (Å²) >= 11 is 2.30. The lowest BCUT2D eigenvalue weighted by Crippen LogP contribution is -2.31. The molecule has 4 heteroatoms. The molecule has 0 aliphatic heterocycles. The first-order valence-electron chi connectivity index (χ1n) is 5.21. The molecule has 0 amide bonds. The van der Waals surface area contributed by atoms with Crippen LogP contribution in [0.15, 0.2) is 24.3 Å². The van der Waals surface area contributed by atoms with Gasteiger partial charge in [0.05, 0.1) is 0 Å². The Morgan fingerprint density at radius 1 is 1.19 bits per heavy atom. The largest absolute Gasteiger partial charge is 0.355 e. The van der Waals surface area contributed by atoms with E-state index in [2.05, 4.69) is 59.1 Å². The van der Waals surface area contributed by atoms with E-state index in [0.29, 0.717) is 12.6 Å². The summed E-state index contributed by atoms with van der Waals surface area (Å²) in [5, 5.41) is 3.37. The quantitative estimate of drug-likeness (QED) is 0.640. The van der Waals surface area contributed by atoms with Crippen molar-refractivity contribution in [2.75, 3.05) is 20.8 Å². The smallest absolute Gasteiger partial charge is 0.169 e.